The summed E-state index contributed by atoms with van der Waals surface area (Å²) in [5, 5.41) is 0. The predicted molar refractivity (Wildman–Crippen MR) is 115 cm³/mol. The van der Waals surface area contributed by atoms with E-state index in [1.807, 2.05) is 18.2 Å². The van der Waals surface area contributed by atoms with Crippen LogP contribution in [0.1, 0.15) is 19.4 Å². The van der Waals surface area contributed by atoms with E-state index < -0.39 is 0 Å². The van der Waals surface area contributed by atoms with Crippen molar-refractivity contribution in [3.05, 3.63) is 30.1 Å². The third-order valence-corrected chi connectivity index (χ3v) is 5.23. The molecule has 0 amide bonds. The molecule has 0 spiro atoms. The zero-order valence-corrected chi connectivity index (χ0v) is 17.3. The summed E-state index contributed by atoms with van der Waals surface area (Å²) in [5.41, 5.74) is 13.8. The van der Waals surface area contributed by atoms with Gasteiger partial charge in [0, 0.05) is 18.7 Å². The molecule has 0 atom stereocenters. The van der Waals surface area contributed by atoms with Crippen molar-refractivity contribution in [2.24, 2.45) is 0 Å². The average Bonchev–Trinajstić information content (AvgIpc) is 3.23. The fraction of sp³-hybridized carbons (Fsp3) is 0.381. The number of anilines is 2. The lowest BCUT2D eigenvalue weighted by molar-refractivity contribution is 0.00739. The van der Waals surface area contributed by atoms with Crippen molar-refractivity contribution in [1.82, 2.24) is 24.4 Å². The van der Waals surface area contributed by atoms with Gasteiger partial charge in [-0.15, -0.1) is 0 Å². The van der Waals surface area contributed by atoms with Crippen molar-refractivity contribution in [1.29, 1.82) is 0 Å². The Hall–Kier alpha value is -3.35. The van der Waals surface area contributed by atoms with E-state index in [4.69, 9.17) is 20.9 Å². The zero-order valence-electron chi connectivity index (χ0n) is 17.3. The predicted octanol–water partition coefficient (Wildman–Crippen LogP) is 1.40. The van der Waals surface area contributed by atoms with Gasteiger partial charge in [-0.05, 0) is 32.0 Å². The van der Waals surface area contributed by atoms with Gasteiger partial charge in [0.1, 0.15) is 12.1 Å². The topological polar surface area (TPSA) is 117 Å². The molecule has 1 saturated heterocycles. The van der Waals surface area contributed by atoms with Crippen molar-refractivity contribution in [3.8, 4) is 34.8 Å². The molecule has 30 heavy (non-hydrogen) atoms. The maximum absolute atomic E-state index is 6.14. The molecule has 3 heterocycles. The fourth-order valence-corrected chi connectivity index (χ4v) is 3.54. The normalized spacial score (nSPS) is 15.0. The number of fused-ring (bicyclic) bond motifs is 1. The molecule has 3 aliphatic heterocycles. The molecular weight excluding hydrogens is 382 g/mol. The van der Waals surface area contributed by atoms with Crippen LogP contribution < -0.4 is 16.2 Å². The van der Waals surface area contributed by atoms with Gasteiger partial charge in [-0.2, -0.15) is 4.98 Å². The minimum absolute atomic E-state index is 0.200. The third kappa shape index (κ3) is 3.63. The number of nitrogen functional groups attached to an aromatic ring is 2. The Kier molecular flexibility index (Phi) is 5.20. The second-order valence-electron chi connectivity index (χ2n) is 7.53. The number of imidazole rings is 1. The van der Waals surface area contributed by atoms with Crippen molar-refractivity contribution < 1.29 is 9.47 Å². The monoisotopic (exact) mass is 407 g/mol. The first-order valence-electron chi connectivity index (χ1n) is 9.69. The standard InChI is InChI=1S/C21H25N7O2/c1-21(2,27-8-10-30-11-9-27)7-6-14-4-5-15(16(12-14)29-3)28-19-17(24-13-25-19)18(22)26-20(28)23/h4-5,12-13H,8-11,22H2,1-3H3,(H2,23,26). The molecule has 9 nitrogen and oxygen atoms in total. The van der Waals surface area contributed by atoms with Crippen LogP contribution in [0.5, 0.6) is 5.75 Å². The minimum atomic E-state index is -0.257. The van der Waals surface area contributed by atoms with E-state index in [2.05, 4.69) is 45.5 Å². The summed E-state index contributed by atoms with van der Waals surface area (Å²) in [5.74, 6) is 8.21. The maximum Gasteiger partial charge on any atom is 0.208 e. The third-order valence-electron chi connectivity index (χ3n) is 5.23. The van der Waals surface area contributed by atoms with Crippen LogP contribution in [0, 0.1) is 11.8 Å². The summed E-state index contributed by atoms with van der Waals surface area (Å²) in [7, 11) is 1.60. The van der Waals surface area contributed by atoms with Gasteiger partial charge < -0.3 is 20.9 Å². The van der Waals surface area contributed by atoms with Crippen LogP contribution in [0.2, 0.25) is 0 Å². The lowest BCUT2D eigenvalue weighted by Crippen LogP contribution is -2.49. The van der Waals surface area contributed by atoms with E-state index >= 15 is 0 Å². The van der Waals surface area contributed by atoms with Crippen LogP contribution in [0.4, 0.5) is 11.8 Å². The number of ether oxygens (including phenoxy) is 2. The van der Waals surface area contributed by atoms with Crippen LogP contribution in [0.25, 0.3) is 17.2 Å². The zero-order chi connectivity index (χ0) is 21.3. The highest BCUT2D eigenvalue weighted by Crippen LogP contribution is 2.33. The van der Waals surface area contributed by atoms with E-state index in [1.165, 1.54) is 6.33 Å². The number of hydrogen-bond acceptors (Lipinski definition) is 8. The van der Waals surface area contributed by atoms with Gasteiger partial charge in [0.05, 0.1) is 31.5 Å². The number of hydrogen-bond donors (Lipinski definition) is 2. The van der Waals surface area contributed by atoms with E-state index in [0.717, 1.165) is 31.9 Å². The summed E-state index contributed by atoms with van der Waals surface area (Å²) >= 11 is 0. The molecule has 1 aromatic carbocycles. The molecule has 0 aromatic heterocycles. The number of methoxy groups -OCH3 is 1. The van der Waals surface area contributed by atoms with Gasteiger partial charge in [0.25, 0.3) is 0 Å². The Bertz CT molecular complexity index is 1090. The van der Waals surface area contributed by atoms with Crippen molar-refractivity contribution in [3.63, 3.8) is 0 Å². The number of rotatable bonds is 3. The van der Waals surface area contributed by atoms with Crippen LogP contribution >= 0.6 is 0 Å². The first kappa shape index (κ1) is 19.9. The molecule has 156 valence electrons. The molecule has 4 rings (SSSR count). The summed E-state index contributed by atoms with van der Waals surface area (Å²) in [6.45, 7) is 7.47. The average molecular weight is 407 g/mol. The van der Waals surface area contributed by atoms with Gasteiger partial charge in [-0.1, -0.05) is 11.8 Å². The van der Waals surface area contributed by atoms with E-state index in [9.17, 15) is 0 Å². The number of nitrogens with zero attached hydrogens (tertiary/aromatic N) is 5. The molecular formula is C21H25N7O2. The first-order chi connectivity index (χ1) is 14.4. The maximum atomic E-state index is 6.14. The summed E-state index contributed by atoms with van der Waals surface area (Å²) < 4.78 is 12.7. The van der Waals surface area contributed by atoms with E-state index in [-0.39, 0.29) is 17.3 Å². The lowest BCUT2D eigenvalue weighted by atomic mass is 10.0. The fourth-order valence-electron chi connectivity index (χ4n) is 3.54. The Balaban J connectivity index is 1.70. The molecule has 1 fully saturated rings. The Morgan fingerprint density at radius 3 is 2.67 bits per heavy atom. The number of aromatic nitrogens is 4. The van der Waals surface area contributed by atoms with Crippen LogP contribution in [0.15, 0.2) is 24.5 Å². The lowest BCUT2D eigenvalue weighted by Gasteiger charge is -2.37. The largest absolute Gasteiger partial charge is 0.495 e. The number of morpholine rings is 1. The second kappa shape index (κ2) is 7.82. The molecule has 0 saturated carbocycles. The van der Waals surface area contributed by atoms with Gasteiger partial charge in [-0.3, -0.25) is 9.47 Å². The number of benzene rings is 1. The SMILES string of the molecule is COc1cc(C#CC(C)(C)N2CCOCC2)ccc1-n1c(N)nc(N)c2ncnc1-2. The van der Waals surface area contributed by atoms with Crippen LogP contribution in [0.3, 0.4) is 0 Å². The summed E-state index contributed by atoms with van der Waals surface area (Å²) in [6.07, 6.45) is 1.43. The Labute approximate surface area is 175 Å². The van der Waals surface area contributed by atoms with Crippen LogP contribution in [-0.2, 0) is 4.74 Å². The molecule has 3 aliphatic rings. The molecule has 0 unspecified atom stereocenters. The molecule has 0 aliphatic carbocycles. The molecule has 1 aromatic rings. The quantitative estimate of drug-likeness (QED) is 0.626. The highest BCUT2D eigenvalue weighted by atomic mass is 16.5. The van der Waals surface area contributed by atoms with Crippen molar-refractivity contribution in [2.45, 2.75) is 19.4 Å². The minimum Gasteiger partial charge on any atom is -0.495 e. The summed E-state index contributed by atoms with van der Waals surface area (Å²) in [6, 6.07) is 5.68. The molecule has 0 radical (unpaired) electrons. The van der Waals surface area contributed by atoms with Gasteiger partial charge in [0.15, 0.2) is 17.3 Å². The van der Waals surface area contributed by atoms with Crippen LogP contribution in [-0.4, -0.2) is 63.4 Å². The molecule has 4 N–H and O–H groups in total. The van der Waals surface area contributed by atoms with Gasteiger partial charge >= 0.3 is 0 Å². The highest BCUT2D eigenvalue weighted by Gasteiger charge is 2.26. The molecule has 0 bridgehead atoms. The van der Waals surface area contributed by atoms with Crippen molar-refractivity contribution >= 4 is 11.8 Å². The van der Waals surface area contributed by atoms with E-state index in [1.54, 1.807) is 11.7 Å². The number of nitrogens with two attached hydrogens (primary N) is 2. The molecule has 9 heteroatoms. The van der Waals surface area contributed by atoms with Crippen molar-refractivity contribution in [2.75, 3.05) is 44.9 Å². The Morgan fingerprint density at radius 1 is 1.17 bits per heavy atom. The highest BCUT2D eigenvalue weighted by molar-refractivity contribution is 5.71. The second-order valence-corrected chi connectivity index (χ2v) is 7.53. The first-order valence-corrected chi connectivity index (χ1v) is 9.69. The van der Waals surface area contributed by atoms with Gasteiger partial charge in [0.2, 0.25) is 5.95 Å². The summed E-state index contributed by atoms with van der Waals surface area (Å²) in [4.78, 5) is 15.0. The smallest absolute Gasteiger partial charge is 0.208 e. The van der Waals surface area contributed by atoms with Gasteiger partial charge in [-0.25, -0.2) is 9.97 Å². The van der Waals surface area contributed by atoms with E-state index in [0.29, 0.717) is 23.0 Å². The Morgan fingerprint density at radius 2 is 1.93 bits per heavy atom.